The number of methoxy groups -OCH3 is 2. The van der Waals surface area contributed by atoms with Crippen LogP contribution in [0.2, 0.25) is 0 Å². The molecule has 0 aromatic heterocycles. The van der Waals surface area contributed by atoms with Crippen molar-refractivity contribution in [2.45, 2.75) is 121 Å². The summed E-state index contributed by atoms with van der Waals surface area (Å²) in [5.41, 5.74) is 4.66. The summed E-state index contributed by atoms with van der Waals surface area (Å²) in [5.74, 6) is 1.01. The molecule has 2 aliphatic carbocycles. The molecule has 4 aliphatic rings. The Morgan fingerprint density at radius 2 is 1.18 bits per heavy atom. The van der Waals surface area contributed by atoms with E-state index in [2.05, 4.69) is 46.9 Å². The molecule has 8 unspecified atom stereocenters. The molecule has 0 saturated heterocycles. The highest BCUT2D eigenvalue weighted by molar-refractivity contribution is 5.82. The van der Waals surface area contributed by atoms with Gasteiger partial charge in [-0.25, -0.2) is 0 Å². The first-order chi connectivity index (χ1) is 26.8. The number of allylic oxidation sites excluding steroid dienone is 2. The smallest absolute Gasteiger partial charge is 0.310 e. The molecule has 0 radical (unpaired) electrons. The zero-order chi connectivity index (χ0) is 40.9. The van der Waals surface area contributed by atoms with Gasteiger partial charge in [0.25, 0.3) is 0 Å². The van der Waals surface area contributed by atoms with E-state index in [1.807, 2.05) is 24.3 Å². The molecule has 1 N–H and O–H groups in total. The van der Waals surface area contributed by atoms with Crippen molar-refractivity contribution in [1.82, 2.24) is 0 Å². The second kappa shape index (κ2) is 20.8. The number of aliphatic hydroxyl groups is 1. The van der Waals surface area contributed by atoms with Crippen molar-refractivity contribution >= 4 is 29.8 Å². The number of aliphatic hydroxyl groups excluding tert-OH is 1. The summed E-state index contributed by atoms with van der Waals surface area (Å²) in [6, 6.07) is 12.4. The highest BCUT2D eigenvalue weighted by Crippen LogP contribution is 2.54. The zero-order valence-electron chi connectivity index (χ0n) is 33.2. The van der Waals surface area contributed by atoms with E-state index in [-0.39, 0.29) is 66.0 Å². The van der Waals surface area contributed by atoms with Gasteiger partial charge in [-0.3, -0.25) is 24.0 Å². The molecule has 8 atom stereocenters. The average molecular weight is 777 g/mol. The fourth-order valence-electron chi connectivity index (χ4n) is 8.54. The summed E-state index contributed by atoms with van der Waals surface area (Å²) in [7, 11) is 2.82. The molecule has 12 nitrogen and oxygen atoms in total. The lowest BCUT2D eigenvalue weighted by Gasteiger charge is -2.22. The third-order valence-electron chi connectivity index (χ3n) is 10.7. The molecule has 56 heavy (non-hydrogen) atoms. The maximum atomic E-state index is 11.4. The SMILES string of the molecule is C=CCC1C(O)CC2Oc3c(CCCC(=O)OC)cccc3C21.C=CCC1C(OC(C)=O)CC2Oc3c(CCCC(=O)OC)cccc3C21.CC(=O)OC(C)=O. The molecular weight excluding hydrogens is 720 g/mol. The lowest BCUT2D eigenvalue weighted by atomic mass is 9.85. The normalized spacial score (nSPS) is 24.4. The van der Waals surface area contributed by atoms with Crippen LogP contribution in [0.4, 0.5) is 0 Å². The Morgan fingerprint density at radius 3 is 1.61 bits per heavy atom. The number of aryl methyl sites for hydroxylation is 2. The van der Waals surface area contributed by atoms with Crippen molar-refractivity contribution < 1.29 is 57.5 Å². The van der Waals surface area contributed by atoms with Crippen LogP contribution >= 0.6 is 0 Å². The van der Waals surface area contributed by atoms with E-state index in [0.29, 0.717) is 25.7 Å². The lowest BCUT2D eigenvalue weighted by molar-refractivity contribution is -0.156. The second-order valence-electron chi connectivity index (χ2n) is 14.5. The Labute approximate surface area is 329 Å². The molecule has 0 bridgehead atoms. The first-order valence-electron chi connectivity index (χ1n) is 19.3. The fourth-order valence-corrected chi connectivity index (χ4v) is 8.54. The van der Waals surface area contributed by atoms with Crippen LogP contribution < -0.4 is 9.47 Å². The number of esters is 5. The maximum absolute atomic E-state index is 11.4. The molecular formula is C44H56O12. The largest absolute Gasteiger partial charge is 0.489 e. The monoisotopic (exact) mass is 776 g/mol. The molecule has 6 rings (SSSR count). The van der Waals surface area contributed by atoms with Crippen molar-refractivity contribution in [1.29, 1.82) is 0 Å². The summed E-state index contributed by atoms with van der Waals surface area (Å²) in [5, 5.41) is 10.3. The second-order valence-corrected chi connectivity index (χ2v) is 14.5. The number of carbonyl (C=O) groups excluding carboxylic acids is 5. The number of para-hydroxylation sites is 2. The van der Waals surface area contributed by atoms with Crippen molar-refractivity contribution in [2.75, 3.05) is 14.2 Å². The highest BCUT2D eigenvalue weighted by Gasteiger charge is 2.51. The van der Waals surface area contributed by atoms with Gasteiger partial charge < -0.3 is 33.5 Å². The third-order valence-corrected chi connectivity index (χ3v) is 10.7. The van der Waals surface area contributed by atoms with E-state index in [0.717, 1.165) is 61.2 Å². The Kier molecular flexibility index (Phi) is 16.3. The van der Waals surface area contributed by atoms with Crippen molar-refractivity contribution in [3.63, 3.8) is 0 Å². The molecule has 2 aliphatic heterocycles. The minimum atomic E-state index is -0.562. The summed E-state index contributed by atoms with van der Waals surface area (Å²) < 4.78 is 31.4. The summed E-state index contributed by atoms with van der Waals surface area (Å²) in [6.07, 6.45) is 10.3. The molecule has 2 aromatic carbocycles. The Balaban J connectivity index is 0.000000214. The standard InChI is InChI=1S/C21H26O5.C19H24O4.C4H6O3/c1-4-7-15-17(25-13(2)22)12-18-20(15)16-10-5-8-14(21(16)26-18)9-6-11-19(23)24-3;1-3-6-13-15(20)11-16-18(13)14-9-4-7-12(19(14)23-16)8-5-10-17(21)22-2;1-3(5)7-4(2)6/h4-5,8,10,15,17-18,20H,1,6-7,9,11-12H2,2-3H3;3-4,7,9,13,15-16,18,20H,1,5-6,8,10-11H2,2H3;1-2H3. The van der Waals surface area contributed by atoms with Crippen LogP contribution in [0.25, 0.3) is 0 Å². The van der Waals surface area contributed by atoms with Crippen LogP contribution in [0.15, 0.2) is 61.7 Å². The molecule has 2 aromatic rings. The van der Waals surface area contributed by atoms with Crippen LogP contribution in [0.1, 0.15) is 106 Å². The topological polar surface area (TPSA) is 161 Å². The molecule has 0 amide bonds. The minimum absolute atomic E-state index is 0.0288. The molecule has 12 heteroatoms. The van der Waals surface area contributed by atoms with Crippen LogP contribution in [0.3, 0.4) is 0 Å². The zero-order valence-corrected chi connectivity index (χ0v) is 33.2. The summed E-state index contributed by atoms with van der Waals surface area (Å²) in [6.45, 7) is 11.5. The van der Waals surface area contributed by atoms with Crippen molar-refractivity contribution in [3.05, 3.63) is 84.0 Å². The average Bonchev–Trinajstić information content (AvgIpc) is 3.87. The van der Waals surface area contributed by atoms with Gasteiger partial charge in [0, 0.05) is 75.3 Å². The quantitative estimate of drug-likeness (QED) is 0.100. The summed E-state index contributed by atoms with van der Waals surface area (Å²) in [4.78, 5) is 53.6. The van der Waals surface area contributed by atoms with E-state index in [9.17, 15) is 29.1 Å². The predicted octanol–water partition coefficient (Wildman–Crippen LogP) is 6.63. The number of benzene rings is 2. The molecule has 2 fully saturated rings. The molecule has 2 heterocycles. The highest BCUT2D eigenvalue weighted by atomic mass is 16.6. The van der Waals surface area contributed by atoms with Gasteiger partial charge >= 0.3 is 29.8 Å². The number of hydrogen-bond donors (Lipinski definition) is 1. The lowest BCUT2D eigenvalue weighted by Crippen LogP contribution is -2.23. The van der Waals surface area contributed by atoms with Crippen LogP contribution in [-0.4, -0.2) is 73.6 Å². The minimum Gasteiger partial charge on any atom is -0.489 e. The van der Waals surface area contributed by atoms with Gasteiger partial charge in [-0.15, -0.1) is 13.2 Å². The van der Waals surface area contributed by atoms with Gasteiger partial charge in [0.15, 0.2) is 0 Å². The van der Waals surface area contributed by atoms with E-state index in [1.165, 1.54) is 46.1 Å². The van der Waals surface area contributed by atoms with Crippen LogP contribution in [0.5, 0.6) is 11.5 Å². The van der Waals surface area contributed by atoms with Crippen molar-refractivity contribution in [2.24, 2.45) is 11.8 Å². The van der Waals surface area contributed by atoms with Gasteiger partial charge in [0.2, 0.25) is 0 Å². The maximum Gasteiger partial charge on any atom is 0.310 e. The third kappa shape index (κ3) is 11.1. The van der Waals surface area contributed by atoms with E-state index >= 15 is 0 Å². The number of ether oxygens (including phenoxy) is 6. The number of carbonyl (C=O) groups is 5. The number of fused-ring (bicyclic) bond motifs is 6. The molecule has 2 saturated carbocycles. The van der Waals surface area contributed by atoms with Gasteiger partial charge in [-0.05, 0) is 55.6 Å². The predicted molar refractivity (Wildman–Crippen MR) is 207 cm³/mol. The summed E-state index contributed by atoms with van der Waals surface area (Å²) >= 11 is 0. The molecule has 304 valence electrons. The van der Waals surface area contributed by atoms with E-state index in [1.54, 1.807) is 0 Å². The van der Waals surface area contributed by atoms with Gasteiger partial charge in [-0.1, -0.05) is 48.6 Å². The first kappa shape index (κ1) is 43.8. The number of rotatable bonds is 13. The van der Waals surface area contributed by atoms with Crippen LogP contribution in [0, 0.1) is 11.8 Å². The van der Waals surface area contributed by atoms with Crippen LogP contribution in [-0.2, 0) is 55.8 Å². The Hall–Kier alpha value is -4.97. The van der Waals surface area contributed by atoms with Crippen molar-refractivity contribution in [3.8, 4) is 11.5 Å². The van der Waals surface area contributed by atoms with Gasteiger partial charge in [0.1, 0.15) is 29.8 Å². The first-order valence-corrected chi connectivity index (χ1v) is 19.3. The van der Waals surface area contributed by atoms with E-state index in [4.69, 9.17) is 18.9 Å². The Morgan fingerprint density at radius 1 is 0.714 bits per heavy atom. The fraction of sp³-hybridized carbons (Fsp3) is 0.523. The number of hydrogen-bond acceptors (Lipinski definition) is 12. The van der Waals surface area contributed by atoms with Gasteiger partial charge in [-0.2, -0.15) is 0 Å². The molecule has 0 spiro atoms. The van der Waals surface area contributed by atoms with Gasteiger partial charge in [0.05, 0.1) is 20.3 Å². The van der Waals surface area contributed by atoms with E-state index < -0.39 is 11.9 Å². The Bertz CT molecular complexity index is 1720.